The zero-order valence-electron chi connectivity index (χ0n) is 13.3. The molecule has 2 aromatic rings. The smallest absolute Gasteiger partial charge is 0.255 e. The van der Waals surface area contributed by atoms with Crippen molar-refractivity contribution in [3.8, 4) is 0 Å². The number of carbonyl (C=O) groups is 1. The van der Waals surface area contributed by atoms with Crippen molar-refractivity contribution in [2.75, 3.05) is 31.9 Å². The average Bonchev–Trinajstić information content (AvgIpc) is 2.92. The van der Waals surface area contributed by atoms with E-state index in [1.807, 2.05) is 11.0 Å². The van der Waals surface area contributed by atoms with Crippen molar-refractivity contribution in [1.82, 2.24) is 9.80 Å². The summed E-state index contributed by atoms with van der Waals surface area (Å²) in [5.74, 6) is -0.0335. The second-order valence-corrected chi connectivity index (χ2v) is 7.72. The number of nitrogens with zero attached hydrogens (tertiary/aromatic N) is 2. The minimum atomic E-state index is -0.0335. The van der Waals surface area contributed by atoms with E-state index in [9.17, 15) is 4.79 Å². The van der Waals surface area contributed by atoms with E-state index in [1.165, 1.54) is 4.88 Å². The van der Waals surface area contributed by atoms with Gasteiger partial charge in [-0.3, -0.25) is 9.69 Å². The molecule has 0 atom stereocenters. The molecule has 0 unspecified atom stereocenters. The number of benzene rings is 1. The summed E-state index contributed by atoms with van der Waals surface area (Å²) in [6.45, 7) is 3.95. The fourth-order valence-electron chi connectivity index (χ4n) is 2.64. The van der Waals surface area contributed by atoms with Crippen molar-refractivity contribution >= 4 is 70.9 Å². The third-order valence-electron chi connectivity index (χ3n) is 3.89. The highest BCUT2D eigenvalue weighted by Gasteiger charge is 2.23. The second kappa shape index (κ2) is 9.86. The van der Waals surface area contributed by atoms with Gasteiger partial charge in [0.05, 0.1) is 14.9 Å². The number of amides is 1. The lowest BCUT2D eigenvalue weighted by molar-refractivity contribution is 0.0630. The monoisotopic (exact) mass is 441 g/mol. The Kier molecular flexibility index (Phi) is 8.81. The van der Waals surface area contributed by atoms with Crippen LogP contribution >= 0.6 is 59.4 Å². The summed E-state index contributed by atoms with van der Waals surface area (Å²) in [5.41, 5.74) is 6.75. The van der Waals surface area contributed by atoms with E-state index >= 15 is 0 Å². The molecule has 0 radical (unpaired) electrons. The topological polar surface area (TPSA) is 49.6 Å². The molecule has 0 saturated carbocycles. The van der Waals surface area contributed by atoms with Crippen LogP contribution < -0.4 is 5.73 Å². The number of carbonyl (C=O) groups excluding carboxylic acids is 1. The van der Waals surface area contributed by atoms with Crippen molar-refractivity contribution in [2.24, 2.45) is 0 Å². The van der Waals surface area contributed by atoms with Crippen LogP contribution in [-0.4, -0.2) is 41.9 Å². The molecule has 3 rings (SSSR count). The molecule has 1 aliphatic rings. The zero-order valence-corrected chi connectivity index (χ0v) is 17.2. The molecule has 2 heterocycles. The quantitative estimate of drug-likeness (QED) is 0.714. The number of hydrogen-bond donors (Lipinski definition) is 1. The molecule has 1 fully saturated rings. The molecule has 1 aromatic heterocycles. The standard InChI is InChI=1S/C16H17Cl2N3OS.2ClH/c17-14-9-11(19)1-3-13(14)16(22)21-7-5-20(6-8-21)10-12-2-4-15(18)23-12;;/h1-4,9H,5-8,10,19H2;2*1H. The van der Waals surface area contributed by atoms with Gasteiger partial charge in [0.1, 0.15) is 0 Å². The molecule has 2 N–H and O–H groups in total. The lowest BCUT2D eigenvalue weighted by atomic mass is 10.1. The highest BCUT2D eigenvalue weighted by molar-refractivity contribution is 7.16. The molecule has 9 heteroatoms. The van der Waals surface area contributed by atoms with E-state index in [0.717, 1.165) is 24.0 Å². The predicted molar refractivity (Wildman–Crippen MR) is 111 cm³/mol. The number of halogens is 4. The number of anilines is 1. The molecule has 25 heavy (non-hydrogen) atoms. The van der Waals surface area contributed by atoms with E-state index in [4.69, 9.17) is 28.9 Å². The van der Waals surface area contributed by atoms with Crippen molar-refractivity contribution < 1.29 is 4.79 Å². The van der Waals surface area contributed by atoms with Crippen LogP contribution in [0.5, 0.6) is 0 Å². The number of nitrogens with two attached hydrogens (primary N) is 1. The van der Waals surface area contributed by atoms with Crippen LogP contribution in [0.15, 0.2) is 30.3 Å². The number of thiophene rings is 1. The molecule has 1 amide bonds. The molecule has 1 aromatic carbocycles. The van der Waals surface area contributed by atoms with Crippen LogP contribution in [0.1, 0.15) is 15.2 Å². The first-order chi connectivity index (χ1) is 11.0. The van der Waals surface area contributed by atoms with E-state index in [-0.39, 0.29) is 30.7 Å². The normalized spacial score (nSPS) is 14.6. The first kappa shape index (κ1) is 22.4. The molecular weight excluding hydrogens is 424 g/mol. The molecule has 0 bridgehead atoms. The Morgan fingerprint density at radius 2 is 1.76 bits per heavy atom. The predicted octanol–water partition coefficient (Wildman–Crippen LogP) is 4.44. The van der Waals surface area contributed by atoms with Gasteiger partial charge in [0, 0.05) is 43.3 Å². The van der Waals surface area contributed by atoms with Gasteiger partial charge in [0.25, 0.3) is 5.91 Å². The third kappa shape index (κ3) is 5.64. The lowest BCUT2D eigenvalue weighted by Gasteiger charge is -2.34. The van der Waals surface area contributed by atoms with Gasteiger partial charge in [0.2, 0.25) is 0 Å². The summed E-state index contributed by atoms with van der Waals surface area (Å²) < 4.78 is 0.812. The maximum atomic E-state index is 12.6. The molecule has 1 aliphatic heterocycles. The van der Waals surface area contributed by atoms with Crippen LogP contribution in [0.4, 0.5) is 5.69 Å². The van der Waals surface area contributed by atoms with E-state index < -0.39 is 0 Å². The zero-order chi connectivity index (χ0) is 16.4. The average molecular weight is 443 g/mol. The Morgan fingerprint density at radius 3 is 2.32 bits per heavy atom. The Balaban J connectivity index is 0.00000156. The van der Waals surface area contributed by atoms with Crippen molar-refractivity contribution in [3.05, 3.63) is 50.1 Å². The number of hydrogen-bond acceptors (Lipinski definition) is 4. The summed E-state index contributed by atoms with van der Waals surface area (Å²) in [6, 6.07) is 8.99. The van der Waals surface area contributed by atoms with Gasteiger partial charge in [-0.05, 0) is 30.3 Å². The maximum absolute atomic E-state index is 12.6. The SMILES string of the molecule is Cl.Cl.Nc1ccc(C(=O)N2CCN(Cc3ccc(Cl)s3)CC2)c(Cl)c1. The van der Waals surface area contributed by atoms with Crippen molar-refractivity contribution in [3.63, 3.8) is 0 Å². The van der Waals surface area contributed by atoms with Crippen LogP contribution in [0, 0.1) is 0 Å². The molecule has 4 nitrogen and oxygen atoms in total. The van der Waals surface area contributed by atoms with Gasteiger partial charge >= 0.3 is 0 Å². The summed E-state index contributed by atoms with van der Waals surface area (Å²) >= 11 is 13.7. The number of rotatable bonds is 3. The first-order valence-corrected chi connectivity index (χ1v) is 8.91. The molecular formula is C16H19Cl4N3OS. The first-order valence-electron chi connectivity index (χ1n) is 7.34. The van der Waals surface area contributed by atoms with Crippen LogP contribution in [0.2, 0.25) is 9.36 Å². The summed E-state index contributed by atoms with van der Waals surface area (Å²) in [4.78, 5) is 18.0. The summed E-state index contributed by atoms with van der Waals surface area (Å²) in [6.07, 6.45) is 0. The Labute approximate surface area is 173 Å². The fourth-order valence-corrected chi connectivity index (χ4v) is 4.04. The van der Waals surface area contributed by atoms with Gasteiger partial charge in [-0.15, -0.1) is 36.2 Å². The molecule has 138 valence electrons. The van der Waals surface area contributed by atoms with Crippen LogP contribution in [0.3, 0.4) is 0 Å². The van der Waals surface area contributed by atoms with Crippen LogP contribution in [-0.2, 0) is 6.54 Å². The minimum Gasteiger partial charge on any atom is -0.399 e. The highest BCUT2D eigenvalue weighted by Crippen LogP contribution is 2.24. The summed E-state index contributed by atoms with van der Waals surface area (Å²) in [7, 11) is 0. The number of piperazine rings is 1. The van der Waals surface area contributed by atoms with Crippen LogP contribution in [0.25, 0.3) is 0 Å². The minimum absolute atomic E-state index is 0. The molecule has 0 spiro atoms. The highest BCUT2D eigenvalue weighted by atomic mass is 35.5. The van der Waals surface area contributed by atoms with E-state index in [1.54, 1.807) is 29.5 Å². The van der Waals surface area contributed by atoms with Gasteiger partial charge in [0.15, 0.2) is 0 Å². The Bertz CT molecular complexity index is 717. The largest absolute Gasteiger partial charge is 0.399 e. The lowest BCUT2D eigenvalue weighted by Crippen LogP contribution is -2.48. The van der Waals surface area contributed by atoms with Gasteiger partial charge in [-0.2, -0.15) is 0 Å². The fraction of sp³-hybridized carbons (Fsp3) is 0.312. The Hall–Kier alpha value is -0.690. The Morgan fingerprint density at radius 1 is 1.08 bits per heavy atom. The summed E-state index contributed by atoms with van der Waals surface area (Å²) in [5, 5.41) is 0.408. The van der Waals surface area contributed by atoms with E-state index in [2.05, 4.69) is 11.0 Å². The second-order valence-electron chi connectivity index (χ2n) is 5.51. The van der Waals surface area contributed by atoms with Crippen molar-refractivity contribution in [1.29, 1.82) is 0 Å². The number of nitrogen functional groups attached to an aromatic ring is 1. The van der Waals surface area contributed by atoms with Gasteiger partial charge in [-0.1, -0.05) is 23.2 Å². The maximum Gasteiger partial charge on any atom is 0.255 e. The van der Waals surface area contributed by atoms with Crippen molar-refractivity contribution in [2.45, 2.75) is 6.54 Å². The molecule has 1 saturated heterocycles. The third-order valence-corrected chi connectivity index (χ3v) is 5.42. The van der Waals surface area contributed by atoms with Gasteiger partial charge < -0.3 is 10.6 Å². The molecule has 0 aliphatic carbocycles. The van der Waals surface area contributed by atoms with Gasteiger partial charge in [-0.25, -0.2) is 0 Å². The van der Waals surface area contributed by atoms with E-state index in [0.29, 0.717) is 29.4 Å².